The number of aliphatic hydroxyl groups is 1. The van der Waals surface area contributed by atoms with E-state index in [-0.39, 0.29) is 31.4 Å². The Kier molecular flexibility index (Phi) is 9.86. The van der Waals surface area contributed by atoms with Crippen molar-refractivity contribution in [2.45, 2.75) is 19.8 Å². The predicted molar refractivity (Wildman–Crippen MR) is 98.1 cm³/mol. The van der Waals surface area contributed by atoms with E-state index in [1.807, 2.05) is 6.07 Å². The van der Waals surface area contributed by atoms with E-state index in [4.69, 9.17) is 19.3 Å². The fraction of sp³-hybridized carbons (Fsp3) is 0.474. The lowest BCUT2D eigenvalue weighted by Gasteiger charge is -2.20. The number of aliphatic hydroxyl groups excluding tert-OH is 1. The van der Waals surface area contributed by atoms with E-state index in [1.54, 1.807) is 39.4 Å². The average molecular weight is 365 g/mol. The van der Waals surface area contributed by atoms with Gasteiger partial charge in [-0.2, -0.15) is 0 Å². The predicted octanol–water partition coefficient (Wildman–Crippen LogP) is 1.88. The van der Waals surface area contributed by atoms with Gasteiger partial charge < -0.3 is 24.2 Å². The highest BCUT2D eigenvalue weighted by molar-refractivity contribution is 5.92. The van der Waals surface area contributed by atoms with Gasteiger partial charge in [0.15, 0.2) is 11.5 Å². The van der Waals surface area contributed by atoms with Crippen LogP contribution >= 0.6 is 0 Å². The molecule has 0 saturated heterocycles. The monoisotopic (exact) mass is 365 g/mol. The molecule has 0 aliphatic heterocycles. The second-order valence-corrected chi connectivity index (χ2v) is 5.41. The molecule has 0 heterocycles. The molecule has 1 amide bonds. The molecule has 0 unspecified atom stereocenters. The number of amides is 1. The molecule has 0 radical (unpaired) electrons. The quantitative estimate of drug-likeness (QED) is 0.476. The summed E-state index contributed by atoms with van der Waals surface area (Å²) < 4.78 is 15.3. The Hall–Kier alpha value is -2.54. The van der Waals surface area contributed by atoms with Gasteiger partial charge in [-0.05, 0) is 37.1 Å². The van der Waals surface area contributed by atoms with Gasteiger partial charge in [0.2, 0.25) is 5.91 Å². The van der Waals surface area contributed by atoms with Crippen LogP contribution in [0.4, 0.5) is 0 Å². The lowest BCUT2D eigenvalue weighted by Crippen LogP contribution is -2.33. The molecule has 1 N–H and O–H groups in total. The third-order valence-corrected chi connectivity index (χ3v) is 3.61. The lowest BCUT2D eigenvalue weighted by atomic mass is 10.2. The van der Waals surface area contributed by atoms with Gasteiger partial charge >= 0.3 is 5.97 Å². The Labute approximate surface area is 154 Å². The number of nitrogens with zero attached hydrogens (tertiary/aromatic N) is 1. The van der Waals surface area contributed by atoms with Crippen LogP contribution in [0.3, 0.4) is 0 Å². The topological polar surface area (TPSA) is 85.3 Å². The molecule has 144 valence electrons. The largest absolute Gasteiger partial charge is 0.493 e. The third-order valence-electron chi connectivity index (χ3n) is 3.61. The van der Waals surface area contributed by atoms with Crippen LogP contribution in [0, 0.1) is 0 Å². The highest BCUT2D eigenvalue weighted by atomic mass is 16.5. The molecule has 1 rings (SSSR count). The van der Waals surface area contributed by atoms with Crippen LogP contribution < -0.4 is 9.47 Å². The first-order valence-corrected chi connectivity index (χ1v) is 8.51. The summed E-state index contributed by atoms with van der Waals surface area (Å²) in [5.41, 5.74) is 0.781. The van der Waals surface area contributed by atoms with Crippen molar-refractivity contribution >= 4 is 18.0 Å². The van der Waals surface area contributed by atoms with E-state index < -0.39 is 0 Å². The fourth-order valence-corrected chi connectivity index (χ4v) is 2.28. The van der Waals surface area contributed by atoms with Gasteiger partial charge in [0.25, 0.3) is 0 Å². The van der Waals surface area contributed by atoms with Crippen LogP contribution in [0.2, 0.25) is 0 Å². The molecular formula is C19H27NO6. The molecule has 0 fully saturated rings. The minimum Gasteiger partial charge on any atom is -0.493 e. The van der Waals surface area contributed by atoms with Crippen LogP contribution in [0.25, 0.3) is 6.08 Å². The van der Waals surface area contributed by atoms with Crippen molar-refractivity contribution < 1.29 is 28.9 Å². The Balaban J connectivity index is 2.77. The van der Waals surface area contributed by atoms with Crippen molar-refractivity contribution in [2.75, 3.05) is 40.5 Å². The van der Waals surface area contributed by atoms with E-state index in [0.29, 0.717) is 31.1 Å². The Morgan fingerprint density at radius 1 is 1.15 bits per heavy atom. The van der Waals surface area contributed by atoms with Gasteiger partial charge in [0.1, 0.15) is 0 Å². The number of esters is 1. The summed E-state index contributed by atoms with van der Waals surface area (Å²) in [6, 6.07) is 5.33. The molecular weight excluding hydrogens is 338 g/mol. The summed E-state index contributed by atoms with van der Waals surface area (Å²) in [7, 11) is 3.10. The number of benzene rings is 1. The van der Waals surface area contributed by atoms with E-state index in [9.17, 15) is 9.59 Å². The first kappa shape index (κ1) is 21.5. The number of carbonyl (C=O) groups is 2. The van der Waals surface area contributed by atoms with Crippen molar-refractivity contribution in [3.8, 4) is 11.5 Å². The maximum Gasteiger partial charge on any atom is 0.307 e. The average Bonchev–Trinajstić information content (AvgIpc) is 2.66. The SMILES string of the molecule is CCOC(=O)CCN(CCCO)C(=O)/C=C/c1ccc(OC)c(OC)c1. The Bertz CT molecular complexity index is 614. The number of hydrogen-bond acceptors (Lipinski definition) is 6. The minimum atomic E-state index is -0.349. The van der Waals surface area contributed by atoms with E-state index >= 15 is 0 Å². The standard InChI is InChI=1S/C19H27NO6/c1-4-26-19(23)10-12-20(11-5-13-21)18(22)9-7-15-6-8-16(24-2)17(14-15)25-3/h6-9,14,21H,4-5,10-13H2,1-3H3/b9-7+. The molecule has 7 nitrogen and oxygen atoms in total. The second kappa shape index (κ2) is 11.9. The second-order valence-electron chi connectivity index (χ2n) is 5.41. The Morgan fingerprint density at radius 2 is 1.88 bits per heavy atom. The first-order valence-electron chi connectivity index (χ1n) is 8.51. The van der Waals surface area contributed by atoms with E-state index in [2.05, 4.69) is 0 Å². The maximum atomic E-state index is 12.4. The van der Waals surface area contributed by atoms with Gasteiger partial charge in [-0.3, -0.25) is 9.59 Å². The number of methoxy groups -OCH3 is 2. The highest BCUT2D eigenvalue weighted by Crippen LogP contribution is 2.27. The minimum absolute atomic E-state index is 0.0252. The lowest BCUT2D eigenvalue weighted by molar-refractivity contribution is -0.143. The van der Waals surface area contributed by atoms with Crippen molar-refractivity contribution in [1.82, 2.24) is 4.90 Å². The molecule has 7 heteroatoms. The van der Waals surface area contributed by atoms with Crippen molar-refractivity contribution in [2.24, 2.45) is 0 Å². The van der Waals surface area contributed by atoms with Crippen LogP contribution in [-0.4, -0.2) is 62.4 Å². The highest BCUT2D eigenvalue weighted by Gasteiger charge is 2.13. The molecule has 0 aliphatic rings. The fourth-order valence-electron chi connectivity index (χ4n) is 2.28. The summed E-state index contributed by atoms with van der Waals surface area (Å²) in [6.45, 7) is 2.63. The maximum absolute atomic E-state index is 12.4. The molecule has 1 aromatic carbocycles. The van der Waals surface area contributed by atoms with Crippen LogP contribution in [-0.2, 0) is 14.3 Å². The van der Waals surface area contributed by atoms with Gasteiger partial charge in [0.05, 0.1) is 27.2 Å². The molecule has 1 aromatic rings. The smallest absolute Gasteiger partial charge is 0.307 e. The van der Waals surface area contributed by atoms with Gasteiger partial charge in [0, 0.05) is 25.8 Å². The summed E-state index contributed by atoms with van der Waals surface area (Å²) in [6.07, 6.45) is 3.67. The summed E-state index contributed by atoms with van der Waals surface area (Å²) in [5, 5.41) is 9.00. The normalized spacial score (nSPS) is 10.6. The van der Waals surface area contributed by atoms with Crippen LogP contribution in [0.5, 0.6) is 11.5 Å². The van der Waals surface area contributed by atoms with Crippen molar-refractivity contribution in [3.05, 3.63) is 29.8 Å². The van der Waals surface area contributed by atoms with Gasteiger partial charge in [-0.15, -0.1) is 0 Å². The van der Waals surface area contributed by atoms with Crippen molar-refractivity contribution in [1.29, 1.82) is 0 Å². The molecule has 26 heavy (non-hydrogen) atoms. The zero-order chi connectivity index (χ0) is 19.4. The number of carbonyl (C=O) groups excluding carboxylic acids is 2. The molecule has 0 aliphatic carbocycles. The summed E-state index contributed by atoms with van der Waals surface area (Å²) in [5.74, 6) is 0.590. The zero-order valence-corrected chi connectivity index (χ0v) is 15.6. The third kappa shape index (κ3) is 7.14. The zero-order valence-electron chi connectivity index (χ0n) is 15.6. The van der Waals surface area contributed by atoms with Gasteiger partial charge in [-0.1, -0.05) is 6.07 Å². The molecule has 0 spiro atoms. The summed E-state index contributed by atoms with van der Waals surface area (Å²) >= 11 is 0. The van der Waals surface area contributed by atoms with Crippen molar-refractivity contribution in [3.63, 3.8) is 0 Å². The molecule has 0 atom stereocenters. The number of ether oxygens (including phenoxy) is 3. The van der Waals surface area contributed by atoms with E-state index in [1.165, 1.54) is 11.0 Å². The number of hydrogen-bond donors (Lipinski definition) is 1. The van der Waals surface area contributed by atoms with Crippen LogP contribution in [0.1, 0.15) is 25.3 Å². The summed E-state index contributed by atoms with van der Waals surface area (Å²) in [4.78, 5) is 25.4. The molecule has 0 aromatic heterocycles. The van der Waals surface area contributed by atoms with Gasteiger partial charge in [-0.25, -0.2) is 0 Å². The number of rotatable bonds is 11. The van der Waals surface area contributed by atoms with Crippen LogP contribution in [0.15, 0.2) is 24.3 Å². The van der Waals surface area contributed by atoms with E-state index in [0.717, 1.165) is 5.56 Å². The first-order chi connectivity index (χ1) is 12.5. The molecule has 0 bridgehead atoms. The molecule has 0 saturated carbocycles. The Morgan fingerprint density at radius 3 is 2.50 bits per heavy atom.